The van der Waals surface area contributed by atoms with Crippen molar-refractivity contribution in [3.05, 3.63) is 30.1 Å². The molecule has 0 radical (unpaired) electrons. The van der Waals surface area contributed by atoms with Gasteiger partial charge in [-0.3, -0.25) is 14.6 Å². The molecular weight excluding hydrogens is 242 g/mol. The van der Waals surface area contributed by atoms with Crippen molar-refractivity contribution in [3.8, 4) is 0 Å². The number of carbonyl (C=O) groups is 2. The fourth-order valence-electron chi connectivity index (χ4n) is 2.29. The number of hydrogen-bond acceptors (Lipinski definition) is 3. The van der Waals surface area contributed by atoms with Crippen molar-refractivity contribution >= 4 is 11.8 Å². The number of amides is 2. The van der Waals surface area contributed by atoms with Gasteiger partial charge in [0.05, 0.1) is 5.69 Å². The Kier molecular flexibility index (Phi) is 3.83. The summed E-state index contributed by atoms with van der Waals surface area (Å²) in [6.07, 6.45) is 1.64. The minimum absolute atomic E-state index is 0.0519. The number of aromatic nitrogens is 1. The molecule has 1 saturated heterocycles. The van der Waals surface area contributed by atoms with Crippen LogP contribution in [-0.2, 0) is 9.59 Å². The highest BCUT2D eigenvalue weighted by atomic mass is 16.2. The first-order chi connectivity index (χ1) is 9.00. The van der Waals surface area contributed by atoms with Crippen molar-refractivity contribution < 1.29 is 9.59 Å². The molecule has 1 aliphatic rings. The molecular formula is C14H19N3O2. The third-order valence-electron chi connectivity index (χ3n) is 3.10. The number of nitrogens with zero attached hydrogens (tertiary/aromatic N) is 2. The van der Waals surface area contributed by atoms with E-state index in [2.05, 4.69) is 10.3 Å². The van der Waals surface area contributed by atoms with Crippen LogP contribution >= 0.6 is 0 Å². The molecule has 1 aromatic heterocycles. The Balaban J connectivity index is 2.36. The molecule has 2 heterocycles. The van der Waals surface area contributed by atoms with Crippen LogP contribution in [0, 0.1) is 5.92 Å². The van der Waals surface area contributed by atoms with Gasteiger partial charge in [-0.1, -0.05) is 19.9 Å². The molecule has 0 saturated carbocycles. The zero-order valence-corrected chi connectivity index (χ0v) is 11.5. The fraction of sp³-hybridized carbons (Fsp3) is 0.500. The molecule has 0 spiro atoms. The summed E-state index contributed by atoms with van der Waals surface area (Å²) in [5.74, 6) is 0.0867. The molecule has 0 aliphatic carbocycles. The van der Waals surface area contributed by atoms with E-state index in [1.165, 1.54) is 0 Å². The van der Waals surface area contributed by atoms with Gasteiger partial charge >= 0.3 is 0 Å². The SMILES string of the molecule is CC(C)CN1C(=O)C(C)NC(=O)C1c1ccccn1. The van der Waals surface area contributed by atoms with Crippen LogP contribution in [-0.4, -0.2) is 34.3 Å². The molecule has 2 amide bonds. The summed E-state index contributed by atoms with van der Waals surface area (Å²) in [6.45, 7) is 6.32. The molecule has 1 aliphatic heterocycles. The lowest BCUT2D eigenvalue weighted by Gasteiger charge is -2.38. The monoisotopic (exact) mass is 261 g/mol. The van der Waals surface area contributed by atoms with Crippen molar-refractivity contribution in [2.45, 2.75) is 32.9 Å². The minimum atomic E-state index is -0.618. The lowest BCUT2D eigenvalue weighted by molar-refractivity contribution is -0.149. The fourth-order valence-corrected chi connectivity index (χ4v) is 2.29. The van der Waals surface area contributed by atoms with Gasteiger partial charge in [-0.2, -0.15) is 0 Å². The standard InChI is InChI=1S/C14H19N3O2/c1-9(2)8-17-12(11-6-4-5-7-15-11)13(18)16-10(3)14(17)19/h4-7,9-10,12H,8H2,1-3H3,(H,16,18). The van der Waals surface area contributed by atoms with Gasteiger partial charge in [-0.25, -0.2) is 0 Å². The largest absolute Gasteiger partial charge is 0.342 e. The molecule has 2 rings (SSSR count). The molecule has 2 unspecified atom stereocenters. The van der Waals surface area contributed by atoms with Crippen LogP contribution in [0.3, 0.4) is 0 Å². The topological polar surface area (TPSA) is 62.3 Å². The summed E-state index contributed by atoms with van der Waals surface area (Å²) in [4.78, 5) is 30.3. The number of carbonyl (C=O) groups excluding carboxylic acids is 2. The third kappa shape index (κ3) is 2.75. The smallest absolute Gasteiger partial charge is 0.249 e. The first kappa shape index (κ1) is 13.5. The third-order valence-corrected chi connectivity index (χ3v) is 3.10. The summed E-state index contributed by atoms with van der Waals surface area (Å²) in [6, 6.07) is 4.31. The van der Waals surface area contributed by atoms with E-state index in [4.69, 9.17) is 0 Å². The molecule has 0 bridgehead atoms. The van der Waals surface area contributed by atoms with E-state index in [9.17, 15) is 9.59 Å². The number of pyridine rings is 1. The Hall–Kier alpha value is -1.91. The van der Waals surface area contributed by atoms with E-state index in [0.29, 0.717) is 18.2 Å². The molecule has 2 atom stereocenters. The number of hydrogen-bond donors (Lipinski definition) is 1. The predicted octanol–water partition coefficient (Wildman–Crippen LogP) is 1.13. The molecule has 102 valence electrons. The normalized spacial score (nSPS) is 23.7. The Bertz CT molecular complexity index is 473. The lowest BCUT2D eigenvalue weighted by Crippen LogP contribution is -2.59. The zero-order chi connectivity index (χ0) is 14.0. The van der Waals surface area contributed by atoms with Gasteiger partial charge in [0, 0.05) is 12.7 Å². The molecule has 5 nitrogen and oxygen atoms in total. The van der Waals surface area contributed by atoms with Crippen molar-refractivity contribution in [1.29, 1.82) is 0 Å². The van der Waals surface area contributed by atoms with Gasteiger partial charge in [-0.05, 0) is 25.0 Å². The predicted molar refractivity (Wildman–Crippen MR) is 71.1 cm³/mol. The van der Waals surface area contributed by atoms with Gasteiger partial charge in [0.1, 0.15) is 6.04 Å². The van der Waals surface area contributed by atoms with E-state index >= 15 is 0 Å². The lowest BCUT2D eigenvalue weighted by atomic mass is 10.0. The van der Waals surface area contributed by atoms with Crippen LogP contribution in [0.5, 0.6) is 0 Å². The van der Waals surface area contributed by atoms with Crippen LogP contribution in [0.4, 0.5) is 0 Å². The number of rotatable bonds is 3. The van der Waals surface area contributed by atoms with Gasteiger partial charge in [0.2, 0.25) is 11.8 Å². The molecule has 1 aromatic rings. The minimum Gasteiger partial charge on any atom is -0.342 e. The van der Waals surface area contributed by atoms with Gasteiger partial charge in [-0.15, -0.1) is 0 Å². The highest BCUT2D eigenvalue weighted by molar-refractivity contribution is 5.97. The Morgan fingerprint density at radius 3 is 2.68 bits per heavy atom. The van der Waals surface area contributed by atoms with Crippen LogP contribution in [0.25, 0.3) is 0 Å². The molecule has 5 heteroatoms. The number of piperazine rings is 1. The van der Waals surface area contributed by atoms with E-state index in [1.807, 2.05) is 19.9 Å². The summed E-state index contributed by atoms with van der Waals surface area (Å²) in [5.41, 5.74) is 0.612. The summed E-state index contributed by atoms with van der Waals surface area (Å²) < 4.78 is 0. The second-order valence-electron chi connectivity index (χ2n) is 5.27. The highest BCUT2D eigenvalue weighted by Crippen LogP contribution is 2.24. The van der Waals surface area contributed by atoms with Crippen LogP contribution < -0.4 is 5.32 Å². The molecule has 19 heavy (non-hydrogen) atoms. The van der Waals surface area contributed by atoms with Crippen LogP contribution in [0.2, 0.25) is 0 Å². The average Bonchev–Trinajstić information content (AvgIpc) is 2.36. The van der Waals surface area contributed by atoms with E-state index in [-0.39, 0.29) is 11.8 Å². The summed E-state index contributed by atoms with van der Waals surface area (Å²) >= 11 is 0. The maximum absolute atomic E-state index is 12.3. The van der Waals surface area contributed by atoms with Gasteiger partial charge in [0.25, 0.3) is 0 Å². The maximum Gasteiger partial charge on any atom is 0.249 e. The first-order valence-corrected chi connectivity index (χ1v) is 6.52. The average molecular weight is 261 g/mol. The van der Waals surface area contributed by atoms with Crippen molar-refractivity contribution in [2.75, 3.05) is 6.54 Å². The quantitative estimate of drug-likeness (QED) is 0.887. The van der Waals surface area contributed by atoms with Crippen molar-refractivity contribution in [2.24, 2.45) is 5.92 Å². The second-order valence-corrected chi connectivity index (χ2v) is 5.27. The molecule has 1 N–H and O–H groups in total. The zero-order valence-electron chi connectivity index (χ0n) is 11.5. The molecule has 0 aromatic carbocycles. The van der Waals surface area contributed by atoms with Crippen LogP contribution in [0.15, 0.2) is 24.4 Å². The van der Waals surface area contributed by atoms with E-state index < -0.39 is 12.1 Å². The maximum atomic E-state index is 12.3. The van der Waals surface area contributed by atoms with Crippen LogP contribution in [0.1, 0.15) is 32.5 Å². The highest BCUT2D eigenvalue weighted by Gasteiger charge is 2.40. The van der Waals surface area contributed by atoms with E-state index in [0.717, 1.165) is 0 Å². The molecule has 1 fully saturated rings. The Morgan fingerprint density at radius 2 is 2.11 bits per heavy atom. The Labute approximate surface area is 113 Å². The van der Waals surface area contributed by atoms with Crippen molar-refractivity contribution in [3.63, 3.8) is 0 Å². The summed E-state index contributed by atoms with van der Waals surface area (Å²) in [7, 11) is 0. The van der Waals surface area contributed by atoms with E-state index in [1.54, 1.807) is 30.2 Å². The van der Waals surface area contributed by atoms with Crippen molar-refractivity contribution in [1.82, 2.24) is 15.2 Å². The summed E-state index contributed by atoms with van der Waals surface area (Å²) in [5, 5.41) is 2.71. The first-order valence-electron chi connectivity index (χ1n) is 6.52. The Morgan fingerprint density at radius 1 is 1.37 bits per heavy atom. The van der Waals surface area contributed by atoms with Gasteiger partial charge in [0.15, 0.2) is 6.04 Å². The number of nitrogens with one attached hydrogen (secondary N) is 1. The second kappa shape index (κ2) is 5.38. The van der Waals surface area contributed by atoms with Gasteiger partial charge < -0.3 is 10.2 Å².